The lowest BCUT2D eigenvalue weighted by Gasteiger charge is -2.32. The van der Waals surface area contributed by atoms with Gasteiger partial charge in [-0.15, -0.1) is 0 Å². The number of carbonyl (C=O) groups excluding carboxylic acids is 2. The van der Waals surface area contributed by atoms with Gasteiger partial charge in [0.15, 0.2) is 5.82 Å². The van der Waals surface area contributed by atoms with Gasteiger partial charge >= 0.3 is 0 Å². The number of anilines is 2. The topological polar surface area (TPSA) is 100 Å². The van der Waals surface area contributed by atoms with E-state index in [4.69, 9.17) is 4.52 Å². The van der Waals surface area contributed by atoms with Gasteiger partial charge in [-0.1, -0.05) is 5.16 Å². The van der Waals surface area contributed by atoms with E-state index in [1.807, 2.05) is 13.0 Å². The molecule has 138 valence electrons. The highest BCUT2D eigenvalue weighted by molar-refractivity contribution is 5.93. The van der Waals surface area contributed by atoms with Crippen LogP contribution >= 0.6 is 0 Å². The first-order chi connectivity index (χ1) is 12.6. The lowest BCUT2D eigenvalue weighted by Crippen LogP contribution is -2.38. The first-order valence-electron chi connectivity index (χ1n) is 8.80. The summed E-state index contributed by atoms with van der Waals surface area (Å²) < 4.78 is 4.96. The van der Waals surface area contributed by atoms with Gasteiger partial charge in [0.1, 0.15) is 11.5 Å². The van der Waals surface area contributed by atoms with Gasteiger partial charge in [-0.25, -0.2) is 0 Å². The molecule has 1 aliphatic rings. The second-order valence-electron chi connectivity index (χ2n) is 6.33. The Morgan fingerprint density at radius 3 is 2.73 bits per heavy atom. The molecule has 1 fully saturated rings. The number of hydrogen-bond acceptors (Lipinski definition) is 6. The predicted octanol–water partition coefficient (Wildman–Crippen LogP) is 1.98. The Hall–Kier alpha value is -2.90. The Labute approximate surface area is 151 Å². The Balaban J connectivity index is 1.57. The fourth-order valence-electron chi connectivity index (χ4n) is 3.04. The summed E-state index contributed by atoms with van der Waals surface area (Å²) in [5, 5.41) is 9.34. The summed E-state index contributed by atoms with van der Waals surface area (Å²) in [5.41, 5.74) is 1.36. The van der Waals surface area contributed by atoms with Crippen LogP contribution in [0.1, 0.15) is 36.0 Å². The Bertz CT molecular complexity index is 781. The van der Waals surface area contributed by atoms with Gasteiger partial charge in [0.2, 0.25) is 5.91 Å². The summed E-state index contributed by atoms with van der Waals surface area (Å²) in [7, 11) is 0. The minimum Gasteiger partial charge on any atom is -0.371 e. The lowest BCUT2D eigenvalue weighted by atomic mass is 9.95. The van der Waals surface area contributed by atoms with Gasteiger partial charge in [0, 0.05) is 43.5 Å². The highest BCUT2D eigenvalue weighted by Gasteiger charge is 2.26. The molecule has 26 heavy (non-hydrogen) atoms. The SMILES string of the molecule is CCNC(=O)c1cc(N2CCC(C(=O)Nc3cc(C)on3)CC2)ccn1. The molecule has 8 nitrogen and oxygen atoms in total. The number of pyridine rings is 1. The maximum absolute atomic E-state index is 12.4. The van der Waals surface area contributed by atoms with E-state index in [9.17, 15) is 9.59 Å². The van der Waals surface area contributed by atoms with Crippen molar-refractivity contribution >= 4 is 23.3 Å². The van der Waals surface area contributed by atoms with Crippen LogP contribution in [0, 0.1) is 12.8 Å². The molecule has 2 aromatic rings. The van der Waals surface area contributed by atoms with E-state index in [0.29, 0.717) is 23.8 Å². The van der Waals surface area contributed by atoms with E-state index in [1.165, 1.54) is 0 Å². The van der Waals surface area contributed by atoms with Crippen LogP contribution in [0.3, 0.4) is 0 Å². The molecule has 3 rings (SSSR count). The Morgan fingerprint density at radius 1 is 1.31 bits per heavy atom. The molecule has 2 amide bonds. The molecule has 0 atom stereocenters. The molecule has 2 N–H and O–H groups in total. The third kappa shape index (κ3) is 4.19. The second-order valence-corrected chi connectivity index (χ2v) is 6.33. The van der Waals surface area contributed by atoms with Gasteiger partial charge < -0.3 is 20.1 Å². The summed E-state index contributed by atoms with van der Waals surface area (Å²) in [5.74, 6) is 0.849. The summed E-state index contributed by atoms with van der Waals surface area (Å²) >= 11 is 0. The monoisotopic (exact) mass is 357 g/mol. The van der Waals surface area contributed by atoms with Crippen LogP contribution in [0.15, 0.2) is 28.9 Å². The molecule has 3 heterocycles. The quantitative estimate of drug-likeness (QED) is 0.849. The summed E-state index contributed by atoms with van der Waals surface area (Å²) in [4.78, 5) is 30.6. The molecule has 0 aliphatic carbocycles. The Morgan fingerprint density at radius 2 is 2.08 bits per heavy atom. The molecule has 0 unspecified atom stereocenters. The number of aromatic nitrogens is 2. The van der Waals surface area contributed by atoms with Crippen LogP contribution < -0.4 is 15.5 Å². The minimum atomic E-state index is -0.175. The number of amides is 2. The molecule has 0 radical (unpaired) electrons. The van der Waals surface area contributed by atoms with Gasteiger partial charge in [0.05, 0.1) is 0 Å². The number of aryl methyl sites for hydroxylation is 1. The summed E-state index contributed by atoms with van der Waals surface area (Å²) in [6, 6.07) is 5.39. The van der Waals surface area contributed by atoms with Crippen LogP contribution in [0.2, 0.25) is 0 Å². The first-order valence-corrected chi connectivity index (χ1v) is 8.80. The molecule has 1 saturated heterocycles. The van der Waals surface area contributed by atoms with Gasteiger partial charge in [-0.2, -0.15) is 0 Å². The van der Waals surface area contributed by atoms with Crippen LogP contribution in [0.5, 0.6) is 0 Å². The molecule has 0 aromatic carbocycles. The fraction of sp³-hybridized carbons (Fsp3) is 0.444. The molecule has 2 aromatic heterocycles. The molecular formula is C18H23N5O3. The normalized spacial score (nSPS) is 14.9. The van der Waals surface area contributed by atoms with E-state index in [-0.39, 0.29) is 17.7 Å². The zero-order valence-electron chi connectivity index (χ0n) is 15.0. The Kier molecular flexibility index (Phi) is 5.50. The third-order valence-corrected chi connectivity index (χ3v) is 4.42. The smallest absolute Gasteiger partial charge is 0.269 e. The standard InChI is InChI=1S/C18H23N5O3/c1-3-19-18(25)15-11-14(4-7-20-15)23-8-5-13(6-9-23)17(24)21-16-10-12(2)26-22-16/h4,7,10-11,13H,3,5-6,8-9H2,1-2H3,(H,19,25)(H,21,22,24). The fourth-order valence-corrected chi connectivity index (χ4v) is 3.04. The largest absolute Gasteiger partial charge is 0.371 e. The van der Waals surface area contributed by atoms with Crippen molar-refractivity contribution in [3.05, 3.63) is 35.9 Å². The second kappa shape index (κ2) is 7.99. The van der Waals surface area contributed by atoms with Gasteiger partial charge in [-0.05, 0) is 38.8 Å². The van der Waals surface area contributed by atoms with Crippen LogP contribution in [-0.2, 0) is 4.79 Å². The van der Waals surface area contributed by atoms with Crippen molar-refractivity contribution < 1.29 is 14.1 Å². The van der Waals surface area contributed by atoms with Crippen molar-refractivity contribution in [2.45, 2.75) is 26.7 Å². The van der Waals surface area contributed by atoms with Crippen LogP contribution in [0.25, 0.3) is 0 Å². The number of hydrogen-bond donors (Lipinski definition) is 2. The first kappa shape index (κ1) is 17.9. The molecule has 8 heteroatoms. The number of rotatable bonds is 5. The predicted molar refractivity (Wildman–Crippen MR) is 97.1 cm³/mol. The molecule has 0 saturated carbocycles. The molecule has 0 spiro atoms. The zero-order valence-corrected chi connectivity index (χ0v) is 15.0. The average molecular weight is 357 g/mol. The summed E-state index contributed by atoms with van der Waals surface area (Å²) in [6.45, 7) is 5.71. The maximum Gasteiger partial charge on any atom is 0.269 e. The molecular weight excluding hydrogens is 334 g/mol. The molecule has 1 aliphatic heterocycles. The van der Waals surface area contributed by atoms with Crippen molar-refractivity contribution in [2.24, 2.45) is 5.92 Å². The maximum atomic E-state index is 12.4. The number of nitrogens with one attached hydrogen (secondary N) is 2. The molecule has 0 bridgehead atoms. The van der Waals surface area contributed by atoms with E-state index >= 15 is 0 Å². The van der Waals surface area contributed by atoms with Crippen molar-refractivity contribution in [1.82, 2.24) is 15.5 Å². The van der Waals surface area contributed by atoms with E-state index < -0.39 is 0 Å². The zero-order chi connectivity index (χ0) is 18.5. The van der Waals surface area contributed by atoms with Gasteiger partial charge in [0.25, 0.3) is 5.91 Å². The van der Waals surface area contributed by atoms with Crippen molar-refractivity contribution in [3.8, 4) is 0 Å². The number of carbonyl (C=O) groups is 2. The summed E-state index contributed by atoms with van der Waals surface area (Å²) in [6.07, 6.45) is 3.12. The van der Waals surface area contributed by atoms with E-state index in [0.717, 1.165) is 31.6 Å². The van der Waals surface area contributed by atoms with Crippen LogP contribution in [0.4, 0.5) is 11.5 Å². The van der Waals surface area contributed by atoms with Crippen molar-refractivity contribution in [3.63, 3.8) is 0 Å². The third-order valence-electron chi connectivity index (χ3n) is 4.42. The lowest BCUT2D eigenvalue weighted by molar-refractivity contribution is -0.120. The number of piperidine rings is 1. The van der Waals surface area contributed by atoms with Gasteiger partial charge in [-0.3, -0.25) is 14.6 Å². The average Bonchev–Trinajstić information content (AvgIpc) is 3.07. The van der Waals surface area contributed by atoms with E-state index in [1.54, 1.807) is 25.3 Å². The van der Waals surface area contributed by atoms with Crippen molar-refractivity contribution in [1.29, 1.82) is 0 Å². The van der Waals surface area contributed by atoms with E-state index in [2.05, 4.69) is 25.7 Å². The highest BCUT2D eigenvalue weighted by atomic mass is 16.5. The van der Waals surface area contributed by atoms with Crippen LogP contribution in [-0.4, -0.2) is 41.6 Å². The highest BCUT2D eigenvalue weighted by Crippen LogP contribution is 2.24. The van der Waals surface area contributed by atoms with Crippen molar-refractivity contribution in [2.75, 3.05) is 29.9 Å². The number of nitrogens with zero attached hydrogens (tertiary/aromatic N) is 3. The minimum absolute atomic E-state index is 0.0318.